The first-order valence-electron chi connectivity index (χ1n) is 9.13. The first-order valence-corrected chi connectivity index (χ1v) is 11.0. The van der Waals surface area contributed by atoms with Crippen LogP contribution in [0, 0.1) is 5.92 Å². The molecule has 2 aliphatic rings. The summed E-state index contributed by atoms with van der Waals surface area (Å²) >= 11 is 2.92. The predicted molar refractivity (Wildman–Crippen MR) is 110 cm³/mol. The van der Waals surface area contributed by atoms with Crippen LogP contribution in [0.1, 0.15) is 28.7 Å². The van der Waals surface area contributed by atoms with Crippen LogP contribution in [-0.2, 0) is 10.3 Å². The van der Waals surface area contributed by atoms with Gasteiger partial charge in [0.2, 0.25) is 5.88 Å². The van der Waals surface area contributed by atoms with Crippen LogP contribution in [0.3, 0.4) is 0 Å². The molecule has 0 bridgehead atoms. The summed E-state index contributed by atoms with van der Waals surface area (Å²) in [5.41, 5.74) is 5.55. The van der Waals surface area contributed by atoms with E-state index in [2.05, 4.69) is 20.0 Å². The normalized spacial score (nSPS) is 26.1. The van der Waals surface area contributed by atoms with Gasteiger partial charge < -0.3 is 20.5 Å². The number of aliphatic imine (C=N–C) groups is 1. The largest absolute Gasteiger partial charge is 0.417 e. The number of halogens is 2. The van der Waals surface area contributed by atoms with Crippen molar-refractivity contribution < 1.29 is 23.0 Å². The van der Waals surface area contributed by atoms with Crippen molar-refractivity contribution in [3.8, 4) is 5.88 Å². The number of nitrogens with two attached hydrogens (primary N) is 1. The molecule has 0 aliphatic carbocycles. The van der Waals surface area contributed by atoms with E-state index in [9.17, 15) is 13.6 Å². The summed E-state index contributed by atoms with van der Waals surface area (Å²) < 4.78 is 34.5. The van der Waals surface area contributed by atoms with Gasteiger partial charge in [-0.15, -0.1) is 11.3 Å². The Kier molecular flexibility index (Phi) is 5.89. The number of pyridine rings is 1. The fraction of sp³-hybridized carbons (Fsp3) is 0.444. The Morgan fingerprint density at radius 1 is 1.47 bits per heavy atom. The quantitative estimate of drug-likeness (QED) is 0.713. The van der Waals surface area contributed by atoms with Crippen LogP contribution in [0.4, 0.5) is 14.6 Å². The summed E-state index contributed by atoms with van der Waals surface area (Å²) in [5.74, 6) is 0.710. The number of amides is 1. The van der Waals surface area contributed by atoms with E-state index in [0.29, 0.717) is 17.6 Å². The summed E-state index contributed by atoms with van der Waals surface area (Å²) in [4.78, 5) is 25.4. The summed E-state index contributed by atoms with van der Waals surface area (Å²) in [5, 5.41) is 5.66. The van der Waals surface area contributed by atoms with Gasteiger partial charge in [-0.3, -0.25) is 4.79 Å². The summed E-state index contributed by atoms with van der Waals surface area (Å²) in [6.07, 6.45) is 2.15. The molecule has 1 amide bonds. The van der Waals surface area contributed by atoms with Gasteiger partial charge in [0.1, 0.15) is 16.4 Å². The van der Waals surface area contributed by atoms with Crippen molar-refractivity contribution in [2.75, 3.05) is 17.7 Å². The van der Waals surface area contributed by atoms with Crippen molar-refractivity contribution in [2.24, 2.45) is 16.6 Å². The molecule has 0 aromatic carbocycles. The standard InChI is InChI=1S/C18H19F2N5O3S2/c1-9-4-11-6-30-17(21)25-18(11,8-27-9)15-24-12(7-29-15)23-14(26)10-2-3-13(22-5-10)28-16(19)20/h2-3,5,7,9,11,16H,4,6,8H2,1H3,(H2,21,25)(H,23,26)/t9-,11-,18-/m0/s1. The van der Waals surface area contributed by atoms with Crippen molar-refractivity contribution >= 4 is 40.0 Å². The Bertz CT molecular complexity index is 956. The van der Waals surface area contributed by atoms with Crippen LogP contribution in [-0.4, -0.2) is 46.1 Å². The monoisotopic (exact) mass is 455 g/mol. The number of hydrogen-bond donors (Lipinski definition) is 2. The van der Waals surface area contributed by atoms with E-state index in [0.717, 1.165) is 23.4 Å². The molecule has 0 unspecified atom stereocenters. The second kappa shape index (κ2) is 8.44. The zero-order chi connectivity index (χ0) is 21.3. The molecule has 160 valence electrons. The molecule has 4 rings (SSSR count). The van der Waals surface area contributed by atoms with Gasteiger partial charge in [-0.25, -0.2) is 15.0 Å². The van der Waals surface area contributed by atoms with Gasteiger partial charge in [-0.1, -0.05) is 11.8 Å². The van der Waals surface area contributed by atoms with Crippen LogP contribution in [0.15, 0.2) is 28.7 Å². The number of carbonyl (C=O) groups excluding carboxylic acids is 1. The van der Waals surface area contributed by atoms with E-state index in [4.69, 9.17) is 15.5 Å². The fourth-order valence-electron chi connectivity index (χ4n) is 3.47. The second-order valence-corrected chi connectivity index (χ2v) is 8.89. The topological polar surface area (TPSA) is 112 Å². The smallest absolute Gasteiger partial charge is 0.388 e. The number of thioether (sulfide) groups is 1. The number of alkyl halides is 2. The maximum absolute atomic E-state index is 12.5. The van der Waals surface area contributed by atoms with E-state index < -0.39 is 18.1 Å². The molecule has 2 aromatic rings. The Labute approximate surface area is 179 Å². The minimum Gasteiger partial charge on any atom is -0.417 e. The molecule has 4 heterocycles. The van der Waals surface area contributed by atoms with Crippen molar-refractivity contribution in [1.29, 1.82) is 0 Å². The van der Waals surface area contributed by atoms with E-state index in [1.54, 1.807) is 5.38 Å². The number of carbonyl (C=O) groups is 1. The molecule has 3 N–H and O–H groups in total. The van der Waals surface area contributed by atoms with E-state index in [1.165, 1.54) is 35.2 Å². The molecule has 0 radical (unpaired) electrons. The van der Waals surface area contributed by atoms with Crippen molar-refractivity contribution in [3.05, 3.63) is 34.3 Å². The fourth-order valence-corrected chi connectivity index (χ4v) is 5.45. The Morgan fingerprint density at radius 2 is 2.30 bits per heavy atom. The highest BCUT2D eigenvalue weighted by atomic mass is 32.2. The van der Waals surface area contributed by atoms with Crippen molar-refractivity contribution in [3.63, 3.8) is 0 Å². The van der Waals surface area contributed by atoms with Gasteiger partial charge in [0.15, 0.2) is 5.17 Å². The number of amidine groups is 1. The van der Waals surface area contributed by atoms with Gasteiger partial charge in [0, 0.05) is 29.3 Å². The molecule has 0 saturated carbocycles. The molecule has 30 heavy (non-hydrogen) atoms. The lowest BCUT2D eigenvalue weighted by Gasteiger charge is -2.44. The lowest BCUT2D eigenvalue weighted by Crippen LogP contribution is -2.49. The third kappa shape index (κ3) is 4.25. The highest BCUT2D eigenvalue weighted by Crippen LogP contribution is 2.47. The lowest BCUT2D eigenvalue weighted by atomic mass is 9.80. The molecule has 3 atom stereocenters. The van der Waals surface area contributed by atoms with Crippen LogP contribution in [0.2, 0.25) is 0 Å². The first kappa shape index (κ1) is 20.9. The molecule has 2 aliphatic heterocycles. The number of hydrogen-bond acceptors (Lipinski definition) is 9. The van der Waals surface area contributed by atoms with Crippen LogP contribution < -0.4 is 15.8 Å². The van der Waals surface area contributed by atoms with E-state index >= 15 is 0 Å². The average molecular weight is 456 g/mol. The summed E-state index contributed by atoms with van der Waals surface area (Å²) in [7, 11) is 0. The number of thiazole rings is 1. The minimum absolute atomic E-state index is 0.141. The molecule has 2 aromatic heterocycles. The van der Waals surface area contributed by atoms with Crippen molar-refractivity contribution in [1.82, 2.24) is 9.97 Å². The summed E-state index contributed by atoms with van der Waals surface area (Å²) in [6, 6.07) is 2.55. The van der Waals surface area contributed by atoms with Gasteiger partial charge in [-0.2, -0.15) is 8.78 Å². The van der Waals surface area contributed by atoms with E-state index in [1.807, 2.05) is 6.92 Å². The van der Waals surface area contributed by atoms with Gasteiger partial charge in [0.05, 0.1) is 18.3 Å². The summed E-state index contributed by atoms with van der Waals surface area (Å²) in [6.45, 7) is -0.554. The second-order valence-electron chi connectivity index (χ2n) is 7.00. The zero-order valence-electron chi connectivity index (χ0n) is 15.9. The van der Waals surface area contributed by atoms with Crippen LogP contribution in [0.5, 0.6) is 5.88 Å². The SMILES string of the molecule is C[C@H]1C[C@H]2CSC(N)=N[C@@]2(c2nc(NC(=O)c3ccc(OC(F)F)nc3)cs2)CO1. The lowest BCUT2D eigenvalue weighted by molar-refractivity contribution is -0.0528. The van der Waals surface area contributed by atoms with Crippen LogP contribution >= 0.6 is 23.1 Å². The highest BCUT2D eigenvalue weighted by Gasteiger charge is 2.49. The molecule has 0 spiro atoms. The number of nitrogens with one attached hydrogen (secondary N) is 1. The minimum atomic E-state index is -2.98. The van der Waals surface area contributed by atoms with Crippen LogP contribution in [0.25, 0.3) is 0 Å². The average Bonchev–Trinajstić information content (AvgIpc) is 3.17. The molecule has 1 fully saturated rings. The number of anilines is 1. The van der Waals surface area contributed by atoms with Crippen molar-refractivity contribution in [2.45, 2.75) is 31.6 Å². The number of nitrogens with zero attached hydrogens (tertiary/aromatic N) is 3. The maximum Gasteiger partial charge on any atom is 0.388 e. The molecular formula is C18H19F2N5O3S2. The molecule has 8 nitrogen and oxygen atoms in total. The maximum atomic E-state index is 12.5. The van der Waals surface area contributed by atoms with Gasteiger partial charge >= 0.3 is 6.61 Å². The number of rotatable bonds is 5. The Balaban J connectivity index is 1.51. The first-order chi connectivity index (χ1) is 14.4. The third-order valence-electron chi connectivity index (χ3n) is 4.95. The zero-order valence-corrected chi connectivity index (χ0v) is 17.5. The Hall–Kier alpha value is -2.31. The third-order valence-corrected chi connectivity index (χ3v) is 6.91. The molecular weight excluding hydrogens is 436 g/mol. The predicted octanol–water partition coefficient (Wildman–Crippen LogP) is 3.07. The Morgan fingerprint density at radius 3 is 3.03 bits per heavy atom. The van der Waals surface area contributed by atoms with Gasteiger partial charge in [-0.05, 0) is 19.4 Å². The number of ether oxygens (including phenoxy) is 2. The number of fused-ring (bicyclic) bond motifs is 1. The number of aromatic nitrogens is 2. The molecule has 12 heteroatoms. The van der Waals surface area contributed by atoms with Gasteiger partial charge in [0.25, 0.3) is 5.91 Å². The highest BCUT2D eigenvalue weighted by molar-refractivity contribution is 8.13. The molecule has 1 saturated heterocycles. The van der Waals surface area contributed by atoms with E-state index in [-0.39, 0.29) is 23.5 Å².